The predicted octanol–water partition coefficient (Wildman–Crippen LogP) is 11.2. The fraction of sp³-hybridized carbons (Fsp3) is 0.566. The molecule has 2 amide bonds. The highest BCUT2D eigenvalue weighted by Crippen LogP contribution is 2.48. The third-order valence-electron chi connectivity index (χ3n) is 13.1. The topological polar surface area (TPSA) is 173 Å². The molecule has 67 heavy (non-hydrogen) atoms. The Balaban J connectivity index is 1.18. The summed E-state index contributed by atoms with van der Waals surface area (Å²) in [5.74, 6) is 0.0590. The Labute approximate surface area is 402 Å². The van der Waals surface area contributed by atoms with Crippen LogP contribution in [0.5, 0.6) is 0 Å². The first-order valence-electron chi connectivity index (χ1n) is 24.7. The number of unbranched alkanes of at least 4 members (excludes halogenated alkanes) is 13. The molecular formula is C53H79N4O8S2+. The molecule has 2 aliphatic rings. The zero-order valence-corrected chi connectivity index (χ0v) is 42.7. The fourth-order valence-electron chi connectivity index (χ4n) is 9.20. The van der Waals surface area contributed by atoms with E-state index in [2.05, 4.69) is 34.6 Å². The summed E-state index contributed by atoms with van der Waals surface area (Å²) < 4.78 is 69.4. The predicted molar refractivity (Wildman–Crippen MR) is 272 cm³/mol. The molecule has 0 aromatic heterocycles. The highest BCUT2D eigenvalue weighted by atomic mass is 32.2. The molecule has 2 aliphatic heterocycles. The molecule has 0 aliphatic carbocycles. The molecular weight excluding hydrogens is 885 g/mol. The summed E-state index contributed by atoms with van der Waals surface area (Å²) in [6.07, 6.45) is 34.3. The average molecular weight is 964 g/mol. The van der Waals surface area contributed by atoms with Gasteiger partial charge in [-0.15, -0.1) is 0 Å². The molecule has 4 rings (SSSR count). The van der Waals surface area contributed by atoms with E-state index < -0.39 is 31.1 Å². The number of fused-ring (bicyclic) bond motifs is 2. The smallest absolute Gasteiger partial charge is 0.294 e. The summed E-state index contributed by atoms with van der Waals surface area (Å²) in [6.45, 7) is 12.0. The highest BCUT2D eigenvalue weighted by Gasteiger charge is 2.44. The molecule has 370 valence electrons. The molecule has 0 saturated heterocycles. The summed E-state index contributed by atoms with van der Waals surface area (Å²) in [5.41, 5.74) is 4.05. The molecule has 0 atom stereocenters. The molecule has 12 nitrogen and oxygen atoms in total. The Bertz CT molecular complexity index is 2360. The van der Waals surface area contributed by atoms with E-state index in [1.807, 2.05) is 69.7 Å². The second-order valence-corrected chi connectivity index (χ2v) is 22.0. The van der Waals surface area contributed by atoms with Crippen LogP contribution in [0.15, 0.2) is 94.4 Å². The van der Waals surface area contributed by atoms with Gasteiger partial charge in [-0.1, -0.05) is 109 Å². The van der Waals surface area contributed by atoms with Crippen molar-refractivity contribution in [2.24, 2.45) is 0 Å². The van der Waals surface area contributed by atoms with Crippen LogP contribution in [-0.4, -0.2) is 74.7 Å². The number of nitrogens with one attached hydrogen (secondary N) is 2. The third-order valence-corrected chi connectivity index (χ3v) is 14.8. The van der Waals surface area contributed by atoms with E-state index >= 15 is 0 Å². The lowest BCUT2D eigenvalue weighted by Crippen LogP contribution is -2.29. The van der Waals surface area contributed by atoms with Crippen LogP contribution in [0, 0.1) is 0 Å². The van der Waals surface area contributed by atoms with Gasteiger partial charge in [-0.05, 0) is 107 Å². The molecule has 14 heteroatoms. The van der Waals surface area contributed by atoms with Gasteiger partial charge in [-0.2, -0.15) is 21.4 Å². The number of amides is 2. The number of rotatable bonds is 30. The second-order valence-electron chi connectivity index (χ2n) is 19.1. The Kier molecular flexibility index (Phi) is 21.8. The van der Waals surface area contributed by atoms with E-state index in [4.69, 9.17) is 0 Å². The van der Waals surface area contributed by atoms with Gasteiger partial charge in [0.25, 0.3) is 20.2 Å². The molecule has 2 aromatic rings. The number of hydrogen-bond donors (Lipinski definition) is 4. The summed E-state index contributed by atoms with van der Waals surface area (Å²) in [4.78, 5) is 26.8. The number of carbonyl (C=O) groups is 2. The van der Waals surface area contributed by atoms with Gasteiger partial charge in [0.2, 0.25) is 17.5 Å². The minimum absolute atomic E-state index is 0.0131. The van der Waals surface area contributed by atoms with Gasteiger partial charge in [0, 0.05) is 67.0 Å². The van der Waals surface area contributed by atoms with Gasteiger partial charge in [-0.3, -0.25) is 18.7 Å². The van der Waals surface area contributed by atoms with Crippen LogP contribution in [0.2, 0.25) is 0 Å². The Morgan fingerprint density at radius 3 is 1.75 bits per heavy atom. The first kappa shape index (κ1) is 55.2. The van der Waals surface area contributed by atoms with Gasteiger partial charge < -0.3 is 15.5 Å². The van der Waals surface area contributed by atoms with Crippen molar-refractivity contribution >= 4 is 49.1 Å². The first-order valence-corrected chi connectivity index (χ1v) is 27.5. The first-order chi connectivity index (χ1) is 31.8. The zero-order chi connectivity index (χ0) is 49.1. The summed E-state index contributed by atoms with van der Waals surface area (Å²) in [5, 5.41) is 5.95. The molecule has 0 spiro atoms. The maximum atomic E-state index is 12.6. The standard InChI is InChI=1S/C53H78N4O8S2/c1-7-8-9-10-11-12-13-14-15-16-17-18-19-20-25-31-50(58)54-37-28-38-55-51(59)32-26-22-27-39-57-47-36-34-43(67(63,64)65)41-45(47)53(4,5)49(57)30-24-21-23-29-48-52(2,3)44-40-42(66(60,61)62)33-35-46(44)56(48)6/h14-15,21,23-24,29-30,33-36,40-41H,7-13,16-20,22,25-28,31-32,37-39H2,1-6H3,(H3-,54,55,58,59,60,61,62,63,64,65)/p+1/b15-14-. The van der Waals surface area contributed by atoms with Crippen LogP contribution < -0.4 is 15.5 Å². The van der Waals surface area contributed by atoms with Crippen LogP contribution in [0.3, 0.4) is 0 Å². The molecule has 0 bridgehead atoms. The van der Waals surface area contributed by atoms with Crippen molar-refractivity contribution in [2.75, 3.05) is 31.6 Å². The van der Waals surface area contributed by atoms with Crippen molar-refractivity contribution in [1.29, 1.82) is 0 Å². The highest BCUT2D eigenvalue weighted by molar-refractivity contribution is 7.86. The lowest BCUT2D eigenvalue weighted by molar-refractivity contribution is -0.401. The summed E-state index contributed by atoms with van der Waals surface area (Å²) in [7, 11) is -6.84. The second kappa shape index (κ2) is 26.4. The maximum Gasteiger partial charge on any atom is 0.294 e. The van der Waals surface area contributed by atoms with E-state index in [0.717, 1.165) is 72.4 Å². The van der Waals surface area contributed by atoms with E-state index in [1.54, 1.807) is 12.1 Å². The molecule has 0 saturated carbocycles. The lowest BCUT2D eigenvalue weighted by atomic mass is 9.81. The number of allylic oxidation sites excluding steroid dienone is 8. The molecule has 0 radical (unpaired) electrons. The summed E-state index contributed by atoms with van der Waals surface area (Å²) >= 11 is 0. The van der Waals surface area contributed by atoms with E-state index in [9.17, 15) is 35.5 Å². The number of nitrogens with zero attached hydrogens (tertiary/aromatic N) is 2. The van der Waals surface area contributed by atoms with E-state index in [1.165, 1.54) is 82.1 Å². The number of benzene rings is 2. The normalized spacial score (nSPS) is 16.2. The zero-order valence-electron chi connectivity index (χ0n) is 41.1. The Morgan fingerprint density at radius 1 is 0.642 bits per heavy atom. The van der Waals surface area contributed by atoms with Crippen LogP contribution >= 0.6 is 0 Å². The number of anilines is 1. The van der Waals surface area contributed by atoms with Crippen molar-refractivity contribution in [2.45, 2.75) is 177 Å². The van der Waals surface area contributed by atoms with Crippen molar-refractivity contribution in [3.63, 3.8) is 0 Å². The van der Waals surface area contributed by atoms with Gasteiger partial charge >= 0.3 is 0 Å². The van der Waals surface area contributed by atoms with Gasteiger partial charge in [0.05, 0.1) is 15.2 Å². The Hall–Kier alpha value is -4.37. The number of hydrogen-bond acceptors (Lipinski definition) is 7. The Morgan fingerprint density at radius 2 is 1.16 bits per heavy atom. The van der Waals surface area contributed by atoms with Crippen molar-refractivity contribution in [3.8, 4) is 0 Å². The van der Waals surface area contributed by atoms with E-state index in [-0.39, 0.29) is 21.6 Å². The third kappa shape index (κ3) is 16.7. The molecule has 2 aromatic carbocycles. The largest absolute Gasteiger partial charge is 0.356 e. The molecule has 0 fully saturated rings. The SMILES string of the molecule is CCCCCCCC/C=C\CCCCCCCC(=O)NCCCNC(=O)CCCCCN1C(=CC=CC=CC2=[N+](C)c3ccc(S(=O)(=O)O)cc3C2(C)C)C(C)(C)c2cc(S(=O)(=O)O)ccc21. The van der Waals surface area contributed by atoms with Crippen molar-refractivity contribution in [1.82, 2.24) is 10.6 Å². The molecule has 2 heterocycles. The maximum absolute atomic E-state index is 12.6. The van der Waals surface area contributed by atoms with Gasteiger partial charge in [0.15, 0.2) is 5.71 Å². The van der Waals surface area contributed by atoms with Crippen LogP contribution in [0.25, 0.3) is 0 Å². The number of carbonyl (C=O) groups excluding carboxylic acids is 2. The van der Waals surface area contributed by atoms with Gasteiger partial charge in [0.1, 0.15) is 7.05 Å². The van der Waals surface area contributed by atoms with Crippen molar-refractivity contribution in [3.05, 3.63) is 95.8 Å². The molecule has 0 unspecified atom stereocenters. The van der Waals surface area contributed by atoms with Crippen LogP contribution in [0.1, 0.15) is 168 Å². The lowest BCUT2D eigenvalue weighted by Gasteiger charge is -2.27. The average Bonchev–Trinajstić information content (AvgIpc) is 3.60. The van der Waals surface area contributed by atoms with Crippen molar-refractivity contribution < 1.29 is 40.1 Å². The minimum atomic E-state index is -4.41. The monoisotopic (exact) mass is 964 g/mol. The quantitative estimate of drug-likeness (QED) is 0.0195. The fourth-order valence-corrected chi connectivity index (χ4v) is 10.2. The summed E-state index contributed by atoms with van der Waals surface area (Å²) in [6, 6.07) is 9.31. The van der Waals surface area contributed by atoms with Gasteiger partial charge in [-0.25, -0.2) is 0 Å². The van der Waals surface area contributed by atoms with Crippen LogP contribution in [-0.2, 0) is 40.7 Å². The molecule has 4 N–H and O–H groups in total. The minimum Gasteiger partial charge on any atom is -0.356 e. The van der Waals surface area contributed by atoms with Crippen LogP contribution in [0.4, 0.5) is 11.4 Å². The van der Waals surface area contributed by atoms with E-state index in [0.29, 0.717) is 45.3 Å².